The summed E-state index contributed by atoms with van der Waals surface area (Å²) in [4.78, 5) is 31.7. The number of pyridine rings is 1. The minimum Gasteiger partial charge on any atom is -0.480 e. The molecule has 2 fully saturated rings. The Morgan fingerprint density at radius 1 is 1.06 bits per heavy atom. The summed E-state index contributed by atoms with van der Waals surface area (Å²) < 4.78 is 5.59. The third-order valence-corrected chi connectivity index (χ3v) is 9.90. The number of primary amides is 1. The quantitative estimate of drug-likeness (QED) is 0.192. The Kier molecular flexibility index (Phi) is 8.76. The largest absolute Gasteiger partial charge is 0.480 e. The Morgan fingerprint density at radius 2 is 1.77 bits per heavy atom. The van der Waals surface area contributed by atoms with E-state index in [2.05, 4.69) is 28.3 Å². The highest BCUT2D eigenvalue weighted by Gasteiger charge is 2.33. The first-order valence-electron chi connectivity index (χ1n) is 15.6. The number of hydrogen-bond acceptors (Lipinski definition) is 9. The summed E-state index contributed by atoms with van der Waals surface area (Å²) in [7, 11) is 1.56. The van der Waals surface area contributed by atoms with Crippen molar-refractivity contribution in [3.63, 3.8) is 0 Å². The smallest absolute Gasteiger partial charge is 0.243 e. The molecule has 2 aliphatic heterocycles. The number of fused-ring (bicyclic) bond motifs is 1. The van der Waals surface area contributed by atoms with Crippen molar-refractivity contribution in [2.24, 2.45) is 17.6 Å². The van der Waals surface area contributed by atoms with E-state index in [9.17, 15) is 4.79 Å². The van der Waals surface area contributed by atoms with Crippen LogP contribution in [0.15, 0.2) is 67.0 Å². The molecule has 3 aliphatic rings. The molecule has 1 amide bonds. The molecule has 7 rings (SSSR count). The van der Waals surface area contributed by atoms with Gasteiger partial charge in [-0.2, -0.15) is 0 Å². The maximum absolute atomic E-state index is 11.3. The first kappa shape index (κ1) is 31.4. The van der Waals surface area contributed by atoms with Crippen molar-refractivity contribution in [3.05, 3.63) is 88.3 Å². The number of allylic oxidation sites excluding steroid dienone is 1. The lowest BCUT2D eigenvalue weighted by Gasteiger charge is -2.33. The number of ether oxygens (including phenoxy) is 1. The standard InChI is InChI=1S/C35H35Cl2N7O3/c1-19-11-20(14-39-19)17-44-18-21-9-10-28(42-34(21)47-44)26-7-3-5-24(31(26)36)25-6-4-8-27(32(25)37)29-15-41-30(35(43-29)46-2)16-40-23-12-22(13-23)33(38)45/h3-10,15,20,22-23,39-40H,1,11-14,16-18H2,2H3,(H2,38,45)/t20-,22-,23+/m0/s1. The Balaban J connectivity index is 1.10. The lowest BCUT2D eigenvalue weighted by atomic mass is 9.80. The molecule has 1 saturated carbocycles. The SMILES string of the molecule is C=C1C[C@H](CN2Cc3ccc(-c4cccc(-c5cccc(-c6cnc(CN[C@H]7C[C@@H](C(N)=O)C7)c(OC)n6)c5Cl)c4Cl)nc3O2)CN1. The van der Waals surface area contributed by atoms with E-state index in [1.165, 1.54) is 0 Å². The van der Waals surface area contributed by atoms with E-state index in [0.717, 1.165) is 60.3 Å². The van der Waals surface area contributed by atoms with Crippen LogP contribution in [0, 0.1) is 11.8 Å². The molecule has 1 aliphatic carbocycles. The summed E-state index contributed by atoms with van der Waals surface area (Å²) in [6.07, 6.45) is 4.08. The number of hydrogen-bond donors (Lipinski definition) is 3. The monoisotopic (exact) mass is 671 g/mol. The minimum absolute atomic E-state index is 0.0676. The Bertz CT molecular complexity index is 1860. The lowest BCUT2D eigenvalue weighted by Crippen LogP contribution is -2.46. The van der Waals surface area contributed by atoms with Gasteiger partial charge in [0.15, 0.2) is 0 Å². The third kappa shape index (κ3) is 6.38. The second-order valence-electron chi connectivity index (χ2n) is 12.3. The fourth-order valence-electron chi connectivity index (χ4n) is 6.41. The van der Waals surface area contributed by atoms with Crippen LogP contribution in [-0.2, 0) is 17.9 Å². The molecular weight excluding hydrogens is 637 g/mol. The molecular formula is C35H35Cl2N7O3. The zero-order chi connectivity index (χ0) is 32.7. The van der Waals surface area contributed by atoms with Crippen molar-refractivity contribution >= 4 is 29.1 Å². The summed E-state index contributed by atoms with van der Waals surface area (Å²) >= 11 is 14.1. The number of rotatable bonds is 10. The van der Waals surface area contributed by atoms with Gasteiger partial charge in [-0.3, -0.25) is 9.78 Å². The van der Waals surface area contributed by atoms with Gasteiger partial charge in [-0.1, -0.05) is 66.2 Å². The second-order valence-corrected chi connectivity index (χ2v) is 13.1. The predicted octanol–water partition coefficient (Wildman–Crippen LogP) is 5.77. The number of benzene rings is 2. The number of nitrogens with zero attached hydrogens (tertiary/aromatic N) is 4. The van der Waals surface area contributed by atoms with E-state index in [-0.39, 0.29) is 17.9 Å². The minimum atomic E-state index is -0.252. The average molecular weight is 673 g/mol. The Labute approximate surface area is 283 Å². The molecule has 1 saturated heterocycles. The van der Waals surface area contributed by atoms with Crippen molar-refractivity contribution in [2.75, 3.05) is 20.2 Å². The molecule has 2 aromatic carbocycles. The van der Waals surface area contributed by atoms with Crippen molar-refractivity contribution in [1.29, 1.82) is 0 Å². The number of nitrogens with two attached hydrogens (primary N) is 1. The highest BCUT2D eigenvalue weighted by Crippen LogP contribution is 2.43. The summed E-state index contributed by atoms with van der Waals surface area (Å²) in [6.45, 7) is 6.88. The number of amides is 1. The van der Waals surface area contributed by atoms with Gasteiger partial charge in [0.05, 0.1) is 41.3 Å². The Morgan fingerprint density at radius 3 is 2.43 bits per heavy atom. The predicted molar refractivity (Wildman–Crippen MR) is 182 cm³/mol. The molecule has 0 radical (unpaired) electrons. The van der Waals surface area contributed by atoms with E-state index in [1.54, 1.807) is 13.3 Å². The number of methoxy groups -OCH3 is 1. The van der Waals surface area contributed by atoms with Crippen molar-refractivity contribution in [1.82, 2.24) is 30.6 Å². The number of nitrogens with one attached hydrogen (secondary N) is 2. The number of carbonyl (C=O) groups is 1. The van der Waals surface area contributed by atoms with Crippen LogP contribution in [0.2, 0.25) is 10.0 Å². The summed E-state index contributed by atoms with van der Waals surface area (Å²) in [5, 5.41) is 9.71. The molecule has 2 aromatic heterocycles. The summed E-state index contributed by atoms with van der Waals surface area (Å²) in [5.41, 5.74) is 12.5. The van der Waals surface area contributed by atoms with E-state index in [4.69, 9.17) is 48.5 Å². The summed E-state index contributed by atoms with van der Waals surface area (Å²) in [5.74, 6) is 1.14. The van der Waals surface area contributed by atoms with Crippen LogP contribution in [-0.4, -0.2) is 52.2 Å². The van der Waals surface area contributed by atoms with Gasteiger partial charge in [0, 0.05) is 65.1 Å². The molecule has 0 unspecified atom stereocenters. The van der Waals surface area contributed by atoms with Crippen LogP contribution in [0.1, 0.15) is 30.5 Å². The zero-order valence-corrected chi connectivity index (χ0v) is 27.4. The van der Waals surface area contributed by atoms with Crippen molar-refractivity contribution in [2.45, 2.75) is 38.4 Å². The molecule has 0 bridgehead atoms. The van der Waals surface area contributed by atoms with Gasteiger partial charge in [-0.15, -0.1) is 5.06 Å². The van der Waals surface area contributed by atoms with Gasteiger partial charge in [-0.25, -0.2) is 9.97 Å². The maximum Gasteiger partial charge on any atom is 0.243 e. The summed E-state index contributed by atoms with van der Waals surface area (Å²) in [6, 6.07) is 15.8. The van der Waals surface area contributed by atoms with E-state index < -0.39 is 0 Å². The molecule has 242 valence electrons. The van der Waals surface area contributed by atoms with Crippen molar-refractivity contribution in [3.8, 4) is 45.4 Å². The number of halogens is 2. The van der Waals surface area contributed by atoms with Gasteiger partial charge >= 0.3 is 0 Å². The highest BCUT2D eigenvalue weighted by atomic mass is 35.5. The Hall–Kier alpha value is -4.22. The molecule has 4 aromatic rings. The zero-order valence-electron chi connectivity index (χ0n) is 25.9. The first-order valence-corrected chi connectivity index (χ1v) is 16.4. The maximum atomic E-state index is 11.3. The molecule has 10 nitrogen and oxygen atoms in total. The van der Waals surface area contributed by atoms with Crippen LogP contribution in [0.25, 0.3) is 33.6 Å². The van der Waals surface area contributed by atoms with Crippen molar-refractivity contribution < 1.29 is 14.4 Å². The fraction of sp³-hybridized carbons (Fsp3) is 0.314. The van der Waals surface area contributed by atoms with Gasteiger partial charge < -0.3 is 25.9 Å². The van der Waals surface area contributed by atoms with Gasteiger partial charge in [-0.05, 0) is 37.3 Å². The van der Waals surface area contributed by atoms with E-state index >= 15 is 0 Å². The normalized spacial score (nSPS) is 20.3. The van der Waals surface area contributed by atoms with E-state index in [1.807, 2.05) is 47.5 Å². The number of aromatic nitrogens is 3. The molecule has 47 heavy (non-hydrogen) atoms. The lowest BCUT2D eigenvalue weighted by molar-refractivity contribution is -0.124. The van der Waals surface area contributed by atoms with Gasteiger partial charge in [0.1, 0.15) is 5.69 Å². The van der Waals surface area contributed by atoms with Crippen LogP contribution in [0.4, 0.5) is 0 Å². The fourth-order valence-corrected chi connectivity index (χ4v) is 7.06. The van der Waals surface area contributed by atoms with Crippen LogP contribution in [0.5, 0.6) is 11.8 Å². The number of hydroxylamine groups is 2. The van der Waals surface area contributed by atoms with Crippen LogP contribution >= 0.6 is 23.2 Å². The van der Waals surface area contributed by atoms with Crippen LogP contribution < -0.4 is 25.9 Å². The van der Waals surface area contributed by atoms with Gasteiger partial charge in [0.2, 0.25) is 17.7 Å². The molecule has 0 spiro atoms. The average Bonchev–Trinajstić information content (AvgIpc) is 3.65. The highest BCUT2D eigenvalue weighted by molar-refractivity contribution is 6.39. The molecule has 4 heterocycles. The third-order valence-electron chi connectivity index (χ3n) is 9.08. The topological polar surface area (TPSA) is 128 Å². The van der Waals surface area contributed by atoms with Crippen LogP contribution in [0.3, 0.4) is 0 Å². The molecule has 1 atom stereocenters. The van der Waals surface area contributed by atoms with Gasteiger partial charge in [0.25, 0.3) is 0 Å². The van der Waals surface area contributed by atoms with E-state index in [0.29, 0.717) is 63.5 Å². The molecule has 4 N–H and O–H groups in total. The second kappa shape index (κ2) is 13.1. The molecule has 12 heteroatoms. The number of carbonyl (C=O) groups excluding carboxylic acids is 1. The first-order chi connectivity index (χ1) is 22.8.